The number of methoxy groups -OCH3 is 4. The van der Waals surface area contributed by atoms with Crippen molar-refractivity contribution >= 4 is 28.8 Å². The van der Waals surface area contributed by atoms with Gasteiger partial charge >= 0.3 is 0 Å². The standard InChI is InChI=1S/C30H36N2O6S/c1-35-23-14-12-22(13-15-23)32(27(33)19-24-11-8-16-39-24)28(30(34)31-21-9-6-5-7-10-21)20-17-25(36-2)29(38-4)26(18-20)37-3/h8,11-18,21,28H,5-7,9-10,19H2,1-4H3,(H,31,34)/t28-/m1/s1. The Morgan fingerprint density at radius 3 is 2.13 bits per heavy atom. The Hall–Kier alpha value is -3.72. The van der Waals surface area contributed by atoms with Crippen molar-refractivity contribution in [3.63, 3.8) is 0 Å². The molecule has 1 N–H and O–H groups in total. The zero-order valence-electron chi connectivity index (χ0n) is 22.9. The molecule has 208 valence electrons. The van der Waals surface area contributed by atoms with Crippen LogP contribution in [0.2, 0.25) is 0 Å². The van der Waals surface area contributed by atoms with Crippen molar-refractivity contribution in [2.75, 3.05) is 33.3 Å². The lowest BCUT2D eigenvalue weighted by Crippen LogP contribution is -2.47. The summed E-state index contributed by atoms with van der Waals surface area (Å²) in [5, 5.41) is 5.18. The number of thiophene rings is 1. The highest BCUT2D eigenvalue weighted by molar-refractivity contribution is 7.10. The average Bonchev–Trinajstić information content (AvgIpc) is 3.48. The molecule has 0 saturated heterocycles. The predicted octanol–water partition coefficient (Wildman–Crippen LogP) is 5.55. The van der Waals surface area contributed by atoms with Gasteiger partial charge in [0, 0.05) is 16.6 Å². The molecular weight excluding hydrogens is 516 g/mol. The molecule has 1 heterocycles. The highest BCUT2D eigenvalue weighted by Crippen LogP contribution is 2.42. The number of ether oxygens (including phenoxy) is 4. The van der Waals surface area contributed by atoms with Gasteiger partial charge in [-0.2, -0.15) is 0 Å². The Balaban J connectivity index is 1.85. The van der Waals surface area contributed by atoms with Crippen molar-refractivity contribution in [1.29, 1.82) is 0 Å². The van der Waals surface area contributed by atoms with E-state index in [9.17, 15) is 9.59 Å². The van der Waals surface area contributed by atoms with E-state index in [2.05, 4.69) is 5.32 Å². The normalized spacial score (nSPS) is 14.3. The minimum Gasteiger partial charge on any atom is -0.497 e. The first-order valence-corrected chi connectivity index (χ1v) is 14.0. The summed E-state index contributed by atoms with van der Waals surface area (Å²) < 4.78 is 22.1. The van der Waals surface area contributed by atoms with Crippen LogP contribution in [0.3, 0.4) is 0 Å². The Labute approximate surface area is 233 Å². The third-order valence-electron chi connectivity index (χ3n) is 6.99. The monoisotopic (exact) mass is 552 g/mol. The highest BCUT2D eigenvalue weighted by Gasteiger charge is 2.35. The van der Waals surface area contributed by atoms with Crippen LogP contribution in [-0.4, -0.2) is 46.3 Å². The quantitative estimate of drug-likeness (QED) is 0.336. The van der Waals surface area contributed by atoms with Crippen LogP contribution in [0.15, 0.2) is 53.9 Å². The number of hydrogen-bond donors (Lipinski definition) is 1. The van der Waals surface area contributed by atoms with Crippen LogP contribution < -0.4 is 29.2 Å². The van der Waals surface area contributed by atoms with Gasteiger partial charge in [-0.05, 0) is 66.2 Å². The molecule has 1 aromatic heterocycles. The zero-order chi connectivity index (χ0) is 27.8. The highest BCUT2D eigenvalue weighted by atomic mass is 32.1. The lowest BCUT2D eigenvalue weighted by molar-refractivity contribution is -0.127. The number of carbonyl (C=O) groups excluding carboxylic acids is 2. The first-order chi connectivity index (χ1) is 19.0. The lowest BCUT2D eigenvalue weighted by Gasteiger charge is -2.34. The largest absolute Gasteiger partial charge is 0.497 e. The first kappa shape index (κ1) is 28.3. The first-order valence-electron chi connectivity index (χ1n) is 13.1. The minimum absolute atomic E-state index is 0.0564. The fourth-order valence-electron chi connectivity index (χ4n) is 5.03. The van der Waals surface area contributed by atoms with Gasteiger partial charge in [-0.15, -0.1) is 11.3 Å². The van der Waals surface area contributed by atoms with Crippen molar-refractivity contribution in [2.24, 2.45) is 0 Å². The van der Waals surface area contributed by atoms with Crippen molar-refractivity contribution in [2.45, 2.75) is 50.6 Å². The van der Waals surface area contributed by atoms with E-state index in [0.717, 1.165) is 30.6 Å². The summed E-state index contributed by atoms with van der Waals surface area (Å²) >= 11 is 1.51. The number of anilines is 1. The Morgan fingerprint density at radius 2 is 1.59 bits per heavy atom. The van der Waals surface area contributed by atoms with Gasteiger partial charge in [-0.3, -0.25) is 14.5 Å². The minimum atomic E-state index is -0.985. The van der Waals surface area contributed by atoms with Crippen LogP contribution in [0.5, 0.6) is 23.0 Å². The SMILES string of the molecule is COc1ccc(N(C(=O)Cc2cccs2)[C@@H](C(=O)NC2CCCCC2)c2cc(OC)c(OC)c(OC)c2)cc1. The summed E-state index contributed by atoms with van der Waals surface area (Å²) in [4.78, 5) is 30.7. The molecule has 0 radical (unpaired) electrons. The van der Waals surface area contributed by atoms with Gasteiger partial charge < -0.3 is 24.3 Å². The van der Waals surface area contributed by atoms with E-state index in [-0.39, 0.29) is 24.3 Å². The van der Waals surface area contributed by atoms with Crippen molar-refractivity contribution < 1.29 is 28.5 Å². The van der Waals surface area contributed by atoms with Gasteiger partial charge in [0.05, 0.1) is 34.9 Å². The molecule has 1 atom stereocenters. The van der Waals surface area contributed by atoms with Gasteiger partial charge in [0.1, 0.15) is 11.8 Å². The summed E-state index contributed by atoms with van der Waals surface area (Å²) in [5.74, 6) is 1.41. The van der Waals surface area contributed by atoms with Crippen molar-refractivity contribution in [3.8, 4) is 23.0 Å². The maximum Gasteiger partial charge on any atom is 0.248 e. The molecule has 1 saturated carbocycles. The molecule has 1 aliphatic rings. The fraction of sp³-hybridized carbons (Fsp3) is 0.400. The molecule has 0 spiro atoms. The summed E-state index contributed by atoms with van der Waals surface area (Å²) in [7, 11) is 6.18. The molecule has 39 heavy (non-hydrogen) atoms. The van der Waals surface area contributed by atoms with E-state index in [1.54, 1.807) is 48.4 Å². The van der Waals surface area contributed by atoms with Crippen LogP contribution in [0, 0.1) is 0 Å². The van der Waals surface area contributed by atoms with E-state index in [4.69, 9.17) is 18.9 Å². The third-order valence-corrected chi connectivity index (χ3v) is 7.86. The second-order valence-corrected chi connectivity index (χ2v) is 10.5. The van der Waals surface area contributed by atoms with Gasteiger partial charge in [0.15, 0.2) is 11.5 Å². The Morgan fingerprint density at radius 1 is 0.923 bits per heavy atom. The maximum atomic E-state index is 14.2. The molecule has 2 aromatic carbocycles. The second-order valence-electron chi connectivity index (χ2n) is 9.42. The number of benzene rings is 2. The second kappa shape index (κ2) is 13.4. The van der Waals surface area contributed by atoms with E-state index in [1.165, 1.54) is 39.1 Å². The Bertz CT molecular complexity index is 1210. The third kappa shape index (κ3) is 6.65. The van der Waals surface area contributed by atoms with E-state index >= 15 is 0 Å². The molecule has 2 amide bonds. The van der Waals surface area contributed by atoms with Gasteiger partial charge in [-0.25, -0.2) is 0 Å². The molecule has 8 nitrogen and oxygen atoms in total. The van der Waals surface area contributed by atoms with Crippen molar-refractivity contribution in [1.82, 2.24) is 5.32 Å². The molecule has 0 unspecified atom stereocenters. The average molecular weight is 553 g/mol. The molecule has 0 bridgehead atoms. The molecule has 9 heteroatoms. The Kier molecular flexibility index (Phi) is 9.70. The summed E-state index contributed by atoms with van der Waals surface area (Å²) in [6.45, 7) is 0. The lowest BCUT2D eigenvalue weighted by atomic mass is 9.94. The number of hydrogen-bond acceptors (Lipinski definition) is 7. The molecule has 1 fully saturated rings. The smallest absolute Gasteiger partial charge is 0.248 e. The molecule has 1 aliphatic carbocycles. The summed E-state index contributed by atoms with van der Waals surface area (Å²) in [6.07, 6.45) is 5.29. The van der Waals surface area contributed by atoms with Gasteiger partial charge in [-0.1, -0.05) is 25.3 Å². The van der Waals surface area contributed by atoms with E-state index in [0.29, 0.717) is 34.2 Å². The van der Waals surface area contributed by atoms with Crippen LogP contribution >= 0.6 is 11.3 Å². The van der Waals surface area contributed by atoms with E-state index in [1.807, 2.05) is 17.5 Å². The van der Waals surface area contributed by atoms with Crippen LogP contribution in [-0.2, 0) is 16.0 Å². The molecule has 4 rings (SSSR count). The molecular formula is C30H36N2O6S. The molecule has 3 aromatic rings. The predicted molar refractivity (Wildman–Crippen MR) is 152 cm³/mol. The maximum absolute atomic E-state index is 14.2. The van der Waals surface area contributed by atoms with Crippen LogP contribution in [0.25, 0.3) is 0 Å². The van der Waals surface area contributed by atoms with E-state index < -0.39 is 6.04 Å². The molecule has 0 aliphatic heterocycles. The van der Waals surface area contributed by atoms with Gasteiger partial charge in [0.25, 0.3) is 0 Å². The zero-order valence-corrected chi connectivity index (χ0v) is 23.7. The summed E-state index contributed by atoms with van der Waals surface area (Å²) in [5.41, 5.74) is 1.13. The van der Waals surface area contributed by atoms with Crippen molar-refractivity contribution in [3.05, 3.63) is 64.4 Å². The number of rotatable bonds is 11. The van der Waals surface area contributed by atoms with Gasteiger partial charge in [0.2, 0.25) is 17.6 Å². The number of nitrogens with one attached hydrogen (secondary N) is 1. The fourth-order valence-corrected chi connectivity index (χ4v) is 5.73. The topological polar surface area (TPSA) is 86.3 Å². The summed E-state index contributed by atoms with van der Waals surface area (Å²) in [6, 6.07) is 13.5. The number of nitrogens with zero attached hydrogens (tertiary/aromatic N) is 1. The van der Waals surface area contributed by atoms with Crippen LogP contribution in [0.4, 0.5) is 5.69 Å². The number of amides is 2. The van der Waals surface area contributed by atoms with Crippen LogP contribution in [0.1, 0.15) is 48.6 Å². The number of carbonyl (C=O) groups is 2.